The van der Waals surface area contributed by atoms with Gasteiger partial charge < -0.3 is 16.0 Å². The van der Waals surface area contributed by atoms with E-state index in [1.807, 2.05) is 41.3 Å². The van der Waals surface area contributed by atoms with Crippen LogP contribution in [0, 0.1) is 0 Å². The van der Waals surface area contributed by atoms with E-state index in [-0.39, 0.29) is 11.9 Å². The molecule has 8 heteroatoms. The van der Waals surface area contributed by atoms with Gasteiger partial charge in [0.1, 0.15) is 12.1 Å². The van der Waals surface area contributed by atoms with Crippen molar-refractivity contribution in [2.24, 2.45) is 0 Å². The summed E-state index contributed by atoms with van der Waals surface area (Å²) < 4.78 is 1.17. The number of rotatable bonds is 5. The van der Waals surface area contributed by atoms with Crippen molar-refractivity contribution in [1.29, 1.82) is 0 Å². The van der Waals surface area contributed by atoms with Gasteiger partial charge in [0, 0.05) is 39.6 Å². The summed E-state index contributed by atoms with van der Waals surface area (Å²) >= 11 is 7.79. The van der Waals surface area contributed by atoms with Gasteiger partial charge >= 0.3 is 0 Å². The Hall–Kier alpha value is -2.74. The number of nitrogen functional groups attached to an aromatic ring is 1. The fourth-order valence-electron chi connectivity index (χ4n) is 3.90. The maximum absolute atomic E-state index is 12.9. The first kappa shape index (κ1) is 19.2. The van der Waals surface area contributed by atoms with Crippen molar-refractivity contribution in [1.82, 2.24) is 20.2 Å². The highest BCUT2D eigenvalue weighted by atomic mass is 35.5. The monoisotopic (exact) mass is 437 g/mol. The van der Waals surface area contributed by atoms with Crippen molar-refractivity contribution >= 4 is 55.7 Å². The molecule has 1 saturated heterocycles. The number of fused-ring (bicyclic) bond motifs is 2. The first-order valence-corrected chi connectivity index (χ1v) is 11.0. The van der Waals surface area contributed by atoms with Crippen molar-refractivity contribution in [3.63, 3.8) is 0 Å². The molecule has 0 aliphatic carbocycles. The molecular weight excluding hydrogens is 418 g/mol. The third kappa shape index (κ3) is 3.71. The van der Waals surface area contributed by atoms with Crippen LogP contribution < -0.4 is 11.1 Å². The molecule has 1 atom stereocenters. The highest BCUT2D eigenvalue weighted by Gasteiger charge is 2.31. The second kappa shape index (κ2) is 7.83. The van der Waals surface area contributed by atoms with Crippen molar-refractivity contribution in [2.45, 2.75) is 25.6 Å². The number of thiophene rings is 1. The SMILES string of the molecule is Nc1ncnc2cc(CN3CC[C@H](NCc4cc5ccc(Cl)cc5s4)C3=O)ccc12. The largest absolute Gasteiger partial charge is 0.383 e. The van der Waals surface area contributed by atoms with Gasteiger partial charge in [-0.25, -0.2) is 9.97 Å². The number of benzene rings is 2. The molecule has 4 aromatic rings. The minimum atomic E-state index is -0.155. The molecule has 3 N–H and O–H groups in total. The number of carbonyl (C=O) groups is 1. The van der Waals surface area contributed by atoms with E-state index in [1.54, 1.807) is 11.3 Å². The van der Waals surface area contributed by atoms with Crippen LogP contribution in [0.15, 0.2) is 48.8 Å². The normalized spacial score (nSPS) is 16.8. The molecule has 152 valence electrons. The van der Waals surface area contributed by atoms with E-state index < -0.39 is 0 Å². The molecule has 5 rings (SSSR count). The van der Waals surface area contributed by atoms with Crippen LogP contribution >= 0.6 is 22.9 Å². The predicted molar refractivity (Wildman–Crippen MR) is 121 cm³/mol. The summed E-state index contributed by atoms with van der Waals surface area (Å²) in [6.45, 7) is 1.98. The van der Waals surface area contributed by atoms with E-state index in [0.29, 0.717) is 18.9 Å². The highest BCUT2D eigenvalue weighted by Crippen LogP contribution is 2.28. The molecule has 1 aliphatic rings. The smallest absolute Gasteiger partial charge is 0.240 e. The van der Waals surface area contributed by atoms with Crippen molar-refractivity contribution in [3.8, 4) is 0 Å². The molecule has 1 fully saturated rings. The Balaban J connectivity index is 1.23. The van der Waals surface area contributed by atoms with E-state index >= 15 is 0 Å². The lowest BCUT2D eigenvalue weighted by molar-refractivity contribution is -0.129. The number of halogens is 1. The van der Waals surface area contributed by atoms with Gasteiger partial charge in [-0.15, -0.1) is 11.3 Å². The van der Waals surface area contributed by atoms with Crippen LogP contribution in [0.4, 0.5) is 5.82 Å². The molecule has 2 aromatic carbocycles. The quantitative estimate of drug-likeness (QED) is 0.493. The molecule has 6 nitrogen and oxygen atoms in total. The van der Waals surface area contributed by atoms with Gasteiger partial charge in [-0.2, -0.15) is 0 Å². The molecule has 0 radical (unpaired) electrons. The summed E-state index contributed by atoms with van der Waals surface area (Å²) in [6, 6.07) is 13.8. The molecule has 30 heavy (non-hydrogen) atoms. The van der Waals surface area contributed by atoms with Crippen molar-refractivity contribution in [2.75, 3.05) is 12.3 Å². The highest BCUT2D eigenvalue weighted by molar-refractivity contribution is 7.19. The molecule has 0 bridgehead atoms. The number of aromatic nitrogens is 2. The fraction of sp³-hybridized carbons (Fsp3) is 0.227. The van der Waals surface area contributed by atoms with Crippen LogP contribution in [0.25, 0.3) is 21.0 Å². The van der Waals surface area contributed by atoms with Crippen LogP contribution in [0.3, 0.4) is 0 Å². The summed E-state index contributed by atoms with van der Waals surface area (Å²) in [7, 11) is 0. The Kier molecular flexibility index (Phi) is 5.02. The number of hydrogen-bond donors (Lipinski definition) is 2. The Labute approximate surface area is 182 Å². The number of anilines is 1. The van der Waals surface area contributed by atoms with Crippen LogP contribution in [-0.4, -0.2) is 33.4 Å². The topological polar surface area (TPSA) is 84.1 Å². The molecule has 2 aromatic heterocycles. The number of nitrogens with two attached hydrogens (primary N) is 1. The number of hydrogen-bond acceptors (Lipinski definition) is 6. The number of amides is 1. The Morgan fingerprint density at radius 1 is 1.20 bits per heavy atom. The fourth-order valence-corrected chi connectivity index (χ4v) is 5.19. The number of nitrogens with zero attached hydrogens (tertiary/aromatic N) is 3. The van der Waals surface area contributed by atoms with Crippen molar-refractivity contribution in [3.05, 3.63) is 64.3 Å². The van der Waals surface area contributed by atoms with Crippen molar-refractivity contribution < 1.29 is 4.79 Å². The second-order valence-electron chi connectivity index (χ2n) is 7.49. The van der Waals surface area contributed by atoms with Gasteiger partial charge in [-0.3, -0.25) is 4.79 Å². The van der Waals surface area contributed by atoms with Gasteiger partial charge in [-0.1, -0.05) is 23.7 Å². The van der Waals surface area contributed by atoms with Crippen LogP contribution in [0.1, 0.15) is 16.9 Å². The average molecular weight is 438 g/mol. The zero-order chi connectivity index (χ0) is 20.7. The van der Waals surface area contributed by atoms with Gasteiger partial charge in [0.2, 0.25) is 5.91 Å². The maximum atomic E-state index is 12.9. The molecule has 0 spiro atoms. The van der Waals surface area contributed by atoms with Gasteiger partial charge in [0.15, 0.2) is 0 Å². The number of likely N-dealkylation sites (tertiary alicyclic amines) is 1. The van der Waals surface area contributed by atoms with E-state index in [4.69, 9.17) is 17.3 Å². The van der Waals surface area contributed by atoms with Crippen LogP contribution in [0.2, 0.25) is 5.02 Å². The lowest BCUT2D eigenvalue weighted by Crippen LogP contribution is -2.37. The molecule has 0 unspecified atom stereocenters. The lowest BCUT2D eigenvalue weighted by atomic mass is 10.1. The van der Waals surface area contributed by atoms with Crippen LogP contribution in [0.5, 0.6) is 0 Å². The van der Waals surface area contributed by atoms with E-state index in [2.05, 4.69) is 21.4 Å². The summed E-state index contributed by atoms with van der Waals surface area (Å²) in [5.41, 5.74) is 7.73. The number of carbonyl (C=O) groups excluding carboxylic acids is 1. The predicted octanol–water partition coefficient (Wildman–Crippen LogP) is 3.97. The standard InChI is InChI=1S/C22H20ClN5OS/c23-15-3-2-14-8-16(30-20(14)9-15)10-25-18-5-6-28(22(18)29)11-13-1-4-17-19(7-13)26-12-27-21(17)24/h1-4,7-9,12,18,25H,5-6,10-11H2,(H2,24,26,27)/t18-/m0/s1. The maximum Gasteiger partial charge on any atom is 0.240 e. The van der Waals surface area contributed by atoms with Gasteiger partial charge in [-0.05, 0) is 47.7 Å². The Morgan fingerprint density at radius 2 is 2.10 bits per heavy atom. The van der Waals surface area contributed by atoms with Gasteiger partial charge in [0.05, 0.1) is 11.6 Å². The molecule has 1 amide bonds. The third-order valence-electron chi connectivity index (χ3n) is 5.46. The molecular formula is C22H20ClN5OS. The first-order chi connectivity index (χ1) is 14.6. The summed E-state index contributed by atoms with van der Waals surface area (Å²) in [4.78, 5) is 24.3. The van der Waals surface area contributed by atoms with E-state index in [0.717, 1.165) is 34.5 Å². The molecule has 1 aliphatic heterocycles. The zero-order valence-corrected chi connectivity index (χ0v) is 17.7. The van der Waals surface area contributed by atoms with E-state index in [1.165, 1.54) is 21.3 Å². The molecule has 0 saturated carbocycles. The Bertz CT molecular complexity index is 1260. The van der Waals surface area contributed by atoms with Gasteiger partial charge in [0.25, 0.3) is 0 Å². The number of nitrogens with one attached hydrogen (secondary N) is 1. The third-order valence-corrected chi connectivity index (χ3v) is 6.79. The average Bonchev–Trinajstić information content (AvgIpc) is 3.29. The van der Waals surface area contributed by atoms with Crippen LogP contribution in [-0.2, 0) is 17.9 Å². The summed E-state index contributed by atoms with van der Waals surface area (Å²) in [6.07, 6.45) is 2.27. The minimum absolute atomic E-state index is 0.140. The summed E-state index contributed by atoms with van der Waals surface area (Å²) in [5.74, 6) is 0.609. The minimum Gasteiger partial charge on any atom is -0.383 e. The molecule has 3 heterocycles. The zero-order valence-electron chi connectivity index (χ0n) is 16.1. The Morgan fingerprint density at radius 3 is 3.00 bits per heavy atom. The first-order valence-electron chi connectivity index (χ1n) is 9.76. The second-order valence-corrected chi connectivity index (χ2v) is 9.09. The lowest BCUT2D eigenvalue weighted by Gasteiger charge is -2.17. The summed E-state index contributed by atoms with van der Waals surface area (Å²) in [5, 5.41) is 6.18. The van der Waals surface area contributed by atoms with E-state index in [9.17, 15) is 4.79 Å².